The quantitative estimate of drug-likeness (QED) is 0.414. The summed E-state index contributed by atoms with van der Waals surface area (Å²) in [5.41, 5.74) is 2.26. The second-order valence-corrected chi connectivity index (χ2v) is 7.47. The van der Waals surface area contributed by atoms with Crippen LogP contribution in [0.15, 0.2) is 74.2 Å². The topological polar surface area (TPSA) is 74.1 Å². The molecule has 0 unspecified atom stereocenters. The molecular weight excluding hydrogens is 398 g/mol. The van der Waals surface area contributed by atoms with Crippen molar-refractivity contribution in [1.82, 2.24) is 14.7 Å². The first-order chi connectivity index (χ1) is 13.7. The Morgan fingerprint density at radius 1 is 1.14 bits per heavy atom. The van der Waals surface area contributed by atoms with Gasteiger partial charge in [-0.1, -0.05) is 28.9 Å². The van der Waals surface area contributed by atoms with Gasteiger partial charge in [0.05, 0.1) is 24.5 Å². The predicted octanol–water partition coefficient (Wildman–Crippen LogP) is 5.07. The third kappa shape index (κ3) is 2.94. The average molecular weight is 410 g/mol. The van der Waals surface area contributed by atoms with Crippen LogP contribution in [-0.2, 0) is 6.54 Å². The molecule has 28 heavy (non-hydrogen) atoms. The van der Waals surface area contributed by atoms with Gasteiger partial charge in [0, 0.05) is 22.0 Å². The molecule has 0 spiro atoms. The molecule has 0 radical (unpaired) electrons. The fourth-order valence-electron chi connectivity index (χ4n) is 3.02. The maximum Gasteiger partial charge on any atom is 0.263 e. The normalized spacial score (nSPS) is 11.3. The summed E-state index contributed by atoms with van der Waals surface area (Å²) in [7, 11) is 0. The number of hydrogen-bond acceptors (Lipinski definition) is 6. The summed E-state index contributed by atoms with van der Waals surface area (Å²) in [6.45, 7) is 0.252. The second kappa shape index (κ2) is 6.78. The Morgan fingerprint density at radius 2 is 2.00 bits per heavy atom. The molecule has 5 rings (SSSR count). The lowest BCUT2D eigenvalue weighted by molar-refractivity contribution is 0.408. The highest BCUT2D eigenvalue weighted by Crippen LogP contribution is 2.31. The summed E-state index contributed by atoms with van der Waals surface area (Å²) in [4.78, 5) is 18.3. The number of hydrogen-bond donors (Lipinski definition) is 0. The molecule has 4 heterocycles. The standard InChI is InChI=1S/C20H12ClN3O3S/c21-13-5-3-12(4-6-13)15-10-28-19-18(15)20(25)24(11-22-19)9-14-8-17(27-23-14)16-2-1-7-26-16/h1-8,10-11H,9H2. The van der Waals surface area contributed by atoms with Crippen LogP contribution in [0.5, 0.6) is 0 Å². The molecule has 5 aromatic rings. The van der Waals surface area contributed by atoms with Crippen LogP contribution in [0.4, 0.5) is 0 Å². The van der Waals surface area contributed by atoms with Gasteiger partial charge >= 0.3 is 0 Å². The van der Waals surface area contributed by atoms with Gasteiger partial charge in [-0.25, -0.2) is 4.98 Å². The molecule has 0 aliphatic heterocycles. The Hall–Kier alpha value is -3.16. The highest BCUT2D eigenvalue weighted by Gasteiger charge is 2.15. The first kappa shape index (κ1) is 17.0. The Morgan fingerprint density at radius 3 is 2.79 bits per heavy atom. The third-order valence-corrected chi connectivity index (χ3v) is 5.51. The average Bonchev–Trinajstić information content (AvgIpc) is 3.45. The predicted molar refractivity (Wildman–Crippen MR) is 108 cm³/mol. The van der Waals surface area contributed by atoms with Gasteiger partial charge in [0.15, 0.2) is 5.76 Å². The molecule has 0 fully saturated rings. The van der Waals surface area contributed by atoms with Crippen molar-refractivity contribution in [3.05, 3.63) is 81.5 Å². The van der Waals surface area contributed by atoms with Crippen molar-refractivity contribution in [3.63, 3.8) is 0 Å². The van der Waals surface area contributed by atoms with Crippen LogP contribution in [-0.4, -0.2) is 14.7 Å². The smallest absolute Gasteiger partial charge is 0.263 e. The van der Waals surface area contributed by atoms with Crippen molar-refractivity contribution >= 4 is 33.2 Å². The number of benzene rings is 1. The Kier molecular flexibility index (Phi) is 4.11. The molecule has 0 bridgehead atoms. The van der Waals surface area contributed by atoms with E-state index >= 15 is 0 Å². The van der Waals surface area contributed by atoms with Crippen LogP contribution in [0.3, 0.4) is 0 Å². The number of thiophene rings is 1. The van der Waals surface area contributed by atoms with Gasteiger partial charge in [-0.3, -0.25) is 9.36 Å². The lowest BCUT2D eigenvalue weighted by Gasteiger charge is -2.04. The summed E-state index contributed by atoms with van der Waals surface area (Å²) in [5, 5.41) is 7.21. The van der Waals surface area contributed by atoms with Crippen molar-refractivity contribution in [2.45, 2.75) is 6.54 Å². The number of nitrogens with zero attached hydrogens (tertiary/aromatic N) is 3. The van der Waals surface area contributed by atoms with Crippen molar-refractivity contribution in [1.29, 1.82) is 0 Å². The fraction of sp³-hybridized carbons (Fsp3) is 0.0500. The molecule has 0 saturated carbocycles. The van der Waals surface area contributed by atoms with E-state index in [1.165, 1.54) is 22.2 Å². The van der Waals surface area contributed by atoms with E-state index in [2.05, 4.69) is 10.1 Å². The number of fused-ring (bicyclic) bond motifs is 1. The number of furan rings is 1. The number of halogens is 1. The lowest BCUT2D eigenvalue weighted by Crippen LogP contribution is -2.21. The molecule has 138 valence electrons. The summed E-state index contributed by atoms with van der Waals surface area (Å²) in [5.74, 6) is 1.10. The zero-order valence-electron chi connectivity index (χ0n) is 14.3. The van der Waals surface area contributed by atoms with Gasteiger partial charge in [0.1, 0.15) is 10.5 Å². The van der Waals surface area contributed by atoms with E-state index < -0.39 is 0 Å². The van der Waals surface area contributed by atoms with Crippen LogP contribution >= 0.6 is 22.9 Å². The van der Waals surface area contributed by atoms with Crippen molar-refractivity contribution in [2.75, 3.05) is 0 Å². The van der Waals surface area contributed by atoms with Crippen LogP contribution in [0.2, 0.25) is 5.02 Å². The van der Waals surface area contributed by atoms with Crippen molar-refractivity contribution in [2.24, 2.45) is 0 Å². The zero-order valence-corrected chi connectivity index (χ0v) is 15.9. The number of aromatic nitrogens is 3. The SMILES string of the molecule is O=c1c2c(-c3ccc(Cl)cc3)csc2ncn1Cc1cc(-c2ccco2)on1. The van der Waals surface area contributed by atoms with E-state index in [0.29, 0.717) is 32.5 Å². The van der Waals surface area contributed by atoms with Gasteiger partial charge in [0.25, 0.3) is 5.56 Å². The molecular formula is C20H12ClN3O3S. The van der Waals surface area contributed by atoms with Crippen LogP contribution in [0.1, 0.15) is 5.69 Å². The Labute approximate surface area is 167 Å². The van der Waals surface area contributed by atoms with E-state index in [1.54, 1.807) is 36.6 Å². The minimum absolute atomic E-state index is 0.126. The molecule has 0 amide bonds. The molecule has 0 atom stereocenters. The summed E-state index contributed by atoms with van der Waals surface area (Å²) in [6.07, 6.45) is 3.10. The lowest BCUT2D eigenvalue weighted by atomic mass is 10.1. The maximum atomic E-state index is 13.1. The van der Waals surface area contributed by atoms with E-state index in [0.717, 1.165) is 11.1 Å². The Bertz CT molecular complexity index is 1320. The van der Waals surface area contributed by atoms with E-state index in [1.807, 2.05) is 17.5 Å². The minimum atomic E-state index is -0.126. The number of rotatable bonds is 4. The maximum absolute atomic E-state index is 13.1. The highest BCUT2D eigenvalue weighted by atomic mass is 35.5. The summed E-state index contributed by atoms with van der Waals surface area (Å²) in [6, 6.07) is 12.7. The largest absolute Gasteiger partial charge is 0.461 e. The van der Waals surface area contributed by atoms with E-state index in [-0.39, 0.29) is 12.1 Å². The van der Waals surface area contributed by atoms with Crippen LogP contribution in [0.25, 0.3) is 32.9 Å². The van der Waals surface area contributed by atoms with Crippen LogP contribution in [0, 0.1) is 0 Å². The third-order valence-electron chi connectivity index (χ3n) is 4.37. The van der Waals surface area contributed by atoms with Crippen LogP contribution < -0.4 is 5.56 Å². The molecule has 6 nitrogen and oxygen atoms in total. The summed E-state index contributed by atoms with van der Waals surface area (Å²) >= 11 is 7.42. The molecule has 1 aromatic carbocycles. The first-order valence-electron chi connectivity index (χ1n) is 8.41. The second-order valence-electron chi connectivity index (χ2n) is 6.17. The minimum Gasteiger partial charge on any atom is -0.461 e. The van der Waals surface area contributed by atoms with Gasteiger partial charge in [-0.05, 0) is 29.8 Å². The molecule has 0 N–H and O–H groups in total. The highest BCUT2D eigenvalue weighted by molar-refractivity contribution is 7.17. The van der Waals surface area contributed by atoms with Crippen molar-refractivity contribution in [3.8, 4) is 22.6 Å². The molecule has 4 aromatic heterocycles. The first-order valence-corrected chi connectivity index (χ1v) is 9.67. The monoisotopic (exact) mass is 409 g/mol. The Balaban J connectivity index is 1.54. The van der Waals surface area contributed by atoms with Gasteiger partial charge < -0.3 is 8.94 Å². The van der Waals surface area contributed by atoms with Gasteiger partial charge in [-0.2, -0.15) is 0 Å². The fourth-order valence-corrected chi connectivity index (χ4v) is 4.05. The molecule has 8 heteroatoms. The summed E-state index contributed by atoms with van der Waals surface area (Å²) < 4.78 is 12.1. The molecule has 0 aliphatic carbocycles. The van der Waals surface area contributed by atoms with Gasteiger partial charge in [0.2, 0.25) is 5.76 Å². The van der Waals surface area contributed by atoms with E-state index in [9.17, 15) is 4.79 Å². The van der Waals surface area contributed by atoms with Crippen molar-refractivity contribution < 1.29 is 8.94 Å². The molecule has 0 aliphatic rings. The molecule has 0 saturated heterocycles. The van der Waals surface area contributed by atoms with Gasteiger partial charge in [-0.15, -0.1) is 11.3 Å². The zero-order chi connectivity index (χ0) is 19.1. The van der Waals surface area contributed by atoms with E-state index in [4.69, 9.17) is 20.5 Å².